The van der Waals surface area contributed by atoms with Gasteiger partial charge in [-0.3, -0.25) is 10.1 Å². The highest BCUT2D eigenvalue weighted by molar-refractivity contribution is 5.84. The molecular weight excluding hydrogens is 212 g/mol. The molecule has 0 aliphatic carbocycles. The Balaban J connectivity index is 2.78. The summed E-state index contributed by atoms with van der Waals surface area (Å²) in [4.78, 5) is 14.5. The smallest absolute Gasteiger partial charge is 0.241 e. The first-order valence-corrected chi connectivity index (χ1v) is 7.02. The molecule has 5 unspecified atom stereocenters. The summed E-state index contributed by atoms with van der Waals surface area (Å²) < 4.78 is 0. The van der Waals surface area contributed by atoms with E-state index in [1.54, 1.807) is 0 Å². The number of hydrogen-bond acceptors (Lipinski definition) is 2. The Morgan fingerprint density at radius 3 is 2.29 bits per heavy atom. The molecule has 100 valence electrons. The molecule has 5 atom stereocenters. The minimum absolute atomic E-state index is 0.0153. The zero-order valence-corrected chi connectivity index (χ0v) is 12.2. The van der Waals surface area contributed by atoms with E-state index in [9.17, 15) is 4.79 Å². The maximum Gasteiger partial charge on any atom is 0.241 e. The molecule has 1 N–H and O–H groups in total. The Morgan fingerprint density at radius 1 is 1.24 bits per heavy atom. The fraction of sp³-hybridized carbons (Fsp3) is 0.929. The van der Waals surface area contributed by atoms with Crippen LogP contribution in [0.1, 0.15) is 54.4 Å². The van der Waals surface area contributed by atoms with Crippen molar-refractivity contribution in [2.24, 2.45) is 11.8 Å². The summed E-state index contributed by atoms with van der Waals surface area (Å²) in [6, 6.07) is 0.338. The van der Waals surface area contributed by atoms with Gasteiger partial charge in [-0.15, -0.1) is 0 Å². The largest absolute Gasteiger partial charge is 0.323 e. The van der Waals surface area contributed by atoms with E-state index in [2.05, 4.69) is 46.9 Å². The third-order valence-electron chi connectivity index (χ3n) is 4.48. The van der Waals surface area contributed by atoms with Crippen LogP contribution in [0.2, 0.25) is 0 Å². The van der Waals surface area contributed by atoms with Crippen molar-refractivity contribution in [2.45, 2.75) is 72.6 Å². The molecule has 0 aromatic rings. The van der Waals surface area contributed by atoms with Crippen molar-refractivity contribution < 1.29 is 4.79 Å². The molecule has 3 nitrogen and oxygen atoms in total. The number of carbonyl (C=O) groups excluding carboxylic acids is 1. The van der Waals surface area contributed by atoms with Crippen molar-refractivity contribution in [3.63, 3.8) is 0 Å². The Bertz CT molecular complexity index is 267. The third kappa shape index (κ3) is 2.82. The third-order valence-corrected chi connectivity index (χ3v) is 4.48. The summed E-state index contributed by atoms with van der Waals surface area (Å²) in [5, 5.41) is 3.44. The van der Waals surface area contributed by atoms with Gasteiger partial charge in [-0.1, -0.05) is 40.5 Å². The van der Waals surface area contributed by atoms with E-state index in [1.807, 2.05) is 4.90 Å². The highest BCUT2D eigenvalue weighted by Gasteiger charge is 2.41. The molecule has 1 rings (SSSR count). The van der Waals surface area contributed by atoms with Gasteiger partial charge >= 0.3 is 0 Å². The first-order valence-electron chi connectivity index (χ1n) is 7.02. The minimum Gasteiger partial charge on any atom is -0.323 e. The molecule has 0 saturated carbocycles. The normalized spacial score (nSPS) is 30.5. The highest BCUT2D eigenvalue weighted by atomic mass is 16.2. The fourth-order valence-electron chi connectivity index (χ4n) is 2.57. The van der Waals surface area contributed by atoms with Gasteiger partial charge in [0.2, 0.25) is 5.91 Å². The van der Waals surface area contributed by atoms with Crippen LogP contribution in [0.15, 0.2) is 0 Å². The van der Waals surface area contributed by atoms with Crippen LogP contribution in [0.5, 0.6) is 0 Å². The average Bonchev–Trinajstić information content (AvgIpc) is 2.62. The maximum atomic E-state index is 12.4. The van der Waals surface area contributed by atoms with E-state index < -0.39 is 0 Å². The van der Waals surface area contributed by atoms with Gasteiger partial charge in [-0.05, 0) is 25.7 Å². The topological polar surface area (TPSA) is 32.3 Å². The molecule has 0 bridgehead atoms. The minimum atomic E-state index is 0.0153. The van der Waals surface area contributed by atoms with E-state index in [-0.39, 0.29) is 12.2 Å². The number of nitrogens with zero attached hydrogens (tertiary/aromatic N) is 1. The number of hydrogen-bond donors (Lipinski definition) is 1. The first kappa shape index (κ1) is 14.5. The highest BCUT2D eigenvalue weighted by Crippen LogP contribution is 2.25. The first-order chi connectivity index (χ1) is 7.93. The predicted molar refractivity (Wildman–Crippen MR) is 71.6 cm³/mol. The van der Waals surface area contributed by atoms with Gasteiger partial charge in [0.25, 0.3) is 0 Å². The lowest BCUT2D eigenvalue weighted by Gasteiger charge is -2.32. The van der Waals surface area contributed by atoms with Gasteiger partial charge < -0.3 is 4.90 Å². The van der Waals surface area contributed by atoms with Gasteiger partial charge in [-0.2, -0.15) is 0 Å². The second kappa shape index (κ2) is 5.85. The summed E-state index contributed by atoms with van der Waals surface area (Å²) in [6.45, 7) is 13.0. The predicted octanol–water partition coefficient (Wildman–Crippen LogP) is 2.61. The lowest BCUT2D eigenvalue weighted by Crippen LogP contribution is -2.44. The standard InChI is InChI=1S/C14H28N2O/c1-7-9(3)11(5)16-12(6)15-13(14(16)17)10(4)8-2/h9-13,15H,7-8H2,1-6H3. The van der Waals surface area contributed by atoms with Gasteiger partial charge in [0, 0.05) is 6.04 Å². The lowest BCUT2D eigenvalue weighted by atomic mass is 9.96. The lowest BCUT2D eigenvalue weighted by molar-refractivity contribution is -0.133. The molecule has 0 spiro atoms. The van der Waals surface area contributed by atoms with E-state index in [0.29, 0.717) is 23.8 Å². The molecule has 3 heteroatoms. The van der Waals surface area contributed by atoms with Crippen LogP contribution in [0, 0.1) is 11.8 Å². The summed E-state index contributed by atoms with van der Waals surface area (Å²) in [5.74, 6) is 1.26. The van der Waals surface area contributed by atoms with Crippen molar-refractivity contribution in [3.8, 4) is 0 Å². The molecule has 0 aromatic carbocycles. The number of nitrogens with one attached hydrogen (secondary N) is 1. The van der Waals surface area contributed by atoms with E-state index >= 15 is 0 Å². The van der Waals surface area contributed by atoms with Gasteiger partial charge in [0.15, 0.2) is 0 Å². The Morgan fingerprint density at radius 2 is 1.82 bits per heavy atom. The maximum absolute atomic E-state index is 12.4. The molecule has 1 amide bonds. The van der Waals surface area contributed by atoms with Crippen molar-refractivity contribution in [2.75, 3.05) is 0 Å². The number of amides is 1. The molecule has 17 heavy (non-hydrogen) atoms. The van der Waals surface area contributed by atoms with Crippen LogP contribution in [-0.4, -0.2) is 29.1 Å². The molecule has 0 aromatic heterocycles. The Hall–Kier alpha value is -0.570. The van der Waals surface area contributed by atoms with Crippen molar-refractivity contribution in [3.05, 3.63) is 0 Å². The molecule has 1 saturated heterocycles. The molecule has 0 radical (unpaired) electrons. The Kier molecular flexibility index (Phi) is 4.99. The molecule has 1 fully saturated rings. The van der Waals surface area contributed by atoms with E-state index in [4.69, 9.17) is 0 Å². The molecule has 1 aliphatic heterocycles. The van der Waals surface area contributed by atoms with Crippen LogP contribution >= 0.6 is 0 Å². The van der Waals surface area contributed by atoms with E-state index in [1.165, 1.54) is 0 Å². The summed E-state index contributed by atoms with van der Waals surface area (Å²) >= 11 is 0. The van der Waals surface area contributed by atoms with E-state index in [0.717, 1.165) is 12.8 Å². The van der Waals surface area contributed by atoms with Gasteiger partial charge in [-0.25, -0.2) is 0 Å². The van der Waals surface area contributed by atoms with Gasteiger partial charge in [0.1, 0.15) is 0 Å². The monoisotopic (exact) mass is 240 g/mol. The van der Waals surface area contributed by atoms with Crippen LogP contribution in [0.25, 0.3) is 0 Å². The number of carbonyl (C=O) groups is 1. The van der Waals surface area contributed by atoms with Crippen LogP contribution < -0.4 is 5.32 Å². The Labute approximate surface area is 106 Å². The summed E-state index contributed by atoms with van der Waals surface area (Å²) in [7, 11) is 0. The van der Waals surface area contributed by atoms with Crippen molar-refractivity contribution in [1.82, 2.24) is 10.2 Å². The van der Waals surface area contributed by atoms with Gasteiger partial charge in [0.05, 0.1) is 12.2 Å². The molecule has 1 heterocycles. The van der Waals surface area contributed by atoms with Crippen molar-refractivity contribution in [1.29, 1.82) is 0 Å². The fourth-order valence-corrected chi connectivity index (χ4v) is 2.57. The van der Waals surface area contributed by atoms with Crippen LogP contribution in [0.4, 0.5) is 0 Å². The van der Waals surface area contributed by atoms with Crippen LogP contribution in [0.3, 0.4) is 0 Å². The zero-order chi connectivity index (χ0) is 13.2. The SMILES string of the molecule is CCC(C)C1NC(C)N(C(C)C(C)CC)C1=O. The molecule has 1 aliphatic rings. The summed E-state index contributed by atoms with van der Waals surface area (Å²) in [5.41, 5.74) is 0. The second-order valence-corrected chi connectivity index (χ2v) is 5.58. The summed E-state index contributed by atoms with van der Waals surface area (Å²) in [6.07, 6.45) is 2.33. The second-order valence-electron chi connectivity index (χ2n) is 5.58. The van der Waals surface area contributed by atoms with Crippen LogP contribution in [-0.2, 0) is 4.79 Å². The average molecular weight is 240 g/mol. The van der Waals surface area contributed by atoms with Crippen molar-refractivity contribution >= 4 is 5.91 Å². The quantitative estimate of drug-likeness (QED) is 0.801. The number of rotatable bonds is 5. The zero-order valence-electron chi connectivity index (χ0n) is 12.2. The molecular formula is C14H28N2O.